The van der Waals surface area contributed by atoms with Gasteiger partial charge < -0.3 is 18.6 Å². The minimum absolute atomic E-state index is 0.0300. The molecular weight excluding hydrogens is 446 g/mol. The van der Waals surface area contributed by atoms with Gasteiger partial charge in [-0.2, -0.15) is 0 Å². The van der Waals surface area contributed by atoms with Crippen LogP contribution in [0.25, 0.3) is 11.1 Å². The second-order valence-electron chi connectivity index (χ2n) is 13.4. The van der Waals surface area contributed by atoms with E-state index in [0.717, 1.165) is 10.9 Å². The molecule has 0 bridgehead atoms. The Kier molecular flexibility index (Phi) is 5.31. The van der Waals surface area contributed by atoms with Crippen molar-refractivity contribution in [1.82, 2.24) is 0 Å². The fraction of sp³-hybridized carbons (Fsp3) is 0.600. The third-order valence-electron chi connectivity index (χ3n) is 10.2. The highest BCUT2D eigenvalue weighted by molar-refractivity contribution is 6.62. The first-order valence-electron chi connectivity index (χ1n) is 13.8. The van der Waals surface area contributed by atoms with E-state index in [0.29, 0.717) is 0 Å². The highest BCUT2D eigenvalue weighted by Crippen LogP contribution is 2.55. The average Bonchev–Trinajstić information content (AvgIpc) is 3.29. The van der Waals surface area contributed by atoms with Crippen LogP contribution in [0.1, 0.15) is 98.6 Å². The monoisotopic (exact) mass is 486 g/mol. The lowest BCUT2D eigenvalue weighted by atomic mass is 9.65. The molecule has 4 nitrogen and oxygen atoms in total. The van der Waals surface area contributed by atoms with E-state index in [-0.39, 0.29) is 42.1 Å². The van der Waals surface area contributed by atoms with Crippen LogP contribution < -0.4 is 10.9 Å². The van der Waals surface area contributed by atoms with Crippen LogP contribution in [-0.2, 0) is 24.0 Å². The number of hydrogen-bond acceptors (Lipinski definition) is 4. The molecule has 36 heavy (non-hydrogen) atoms. The first-order chi connectivity index (χ1) is 16.8. The van der Waals surface area contributed by atoms with Gasteiger partial charge in [-0.15, -0.1) is 0 Å². The first kappa shape index (κ1) is 24.7. The molecule has 2 aromatic carbocycles. The van der Waals surface area contributed by atoms with Crippen LogP contribution >= 0.6 is 0 Å². The van der Waals surface area contributed by atoms with Crippen molar-refractivity contribution in [3.63, 3.8) is 0 Å². The fourth-order valence-electron chi connectivity index (χ4n) is 6.48. The second kappa shape index (κ2) is 7.72. The van der Waals surface area contributed by atoms with E-state index in [1.54, 1.807) is 0 Å². The van der Waals surface area contributed by atoms with Gasteiger partial charge in [0.05, 0.1) is 22.4 Å². The van der Waals surface area contributed by atoms with Crippen molar-refractivity contribution in [3.05, 3.63) is 47.5 Å². The summed E-state index contributed by atoms with van der Waals surface area (Å²) in [5.41, 5.74) is 6.47. The van der Waals surface area contributed by atoms with Crippen LogP contribution in [0.15, 0.2) is 36.4 Å². The average molecular weight is 486 g/mol. The van der Waals surface area contributed by atoms with E-state index < -0.39 is 0 Å². The molecule has 0 atom stereocenters. The van der Waals surface area contributed by atoms with Gasteiger partial charge in [-0.1, -0.05) is 55.7 Å². The van der Waals surface area contributed by atoms with Gasteiger partial charge in [-0.25, -0.2) is 0 Å². The fourth-order valence-corrected chi connectivity index (χ4v) is 6.48. The standard InChI is InChI=1S/C30H40B2O4/c1-26(2)27(3,4)34-31(33-26)20-12-14-22-23-15-13-21(32-35-28(5,6)29(7,8)36-32)19-25(23)30(24(22)18-20)16-10-9-11-17-30/h12-15,18-19H,9-11,16-17H2,1-8H3. The number of hydrogen-bond donors (Lipinski definition) is 0. The third kappa shape index (κ3) is 3.44. The second-order valence-corrected chi connectivity index (χ2v) is 13.4. The molecule has 6 heteroatoms. The van der Waals surface area contributed by atoms with Crippen molar-refractivity contribution in [1.29, 1.82) is 0 Å². The minimum atomic E-state index is -0.347. The minimum Gasteiger partial charge on any atom is -0.399 e. The summed E-state index contributed by atoms with van der Waals surface area (Å²) in [5.74, 6) is 0. The normalized spacial score (nSPS) is 26.3. The molecule has 6 rings (SSSR count). The van der Waals surface area contributed by atoms with Crippen molar-refractivity contribution in [2.75, 3.05) is 0 Å². The molecule has 190 valence electrons. The lowest BCUT2D eigenvalue weighted by Gasteiger charge is -2.36. The summed E-state index contributed by atoms with van der Waals surface area (Å²) in [6, 6.07) is 13.8. The van der Waals surface area contributed by atoms with Crippen molar-refractivity contribution in [3.8, 4) is 11.1 Å². The molecule has 0 N–H and O–H groups in total. The van der Waals surface area contributed by atoms with Gasteiger partial charge in [0, 0.05) is 5.41 Å². The molecule has 2 heterocycles. The lowest BCUT2D eigenvalue weighted by molar-refractivity contribution is 0.00578. The van der Waals surface area contributed by atoms with E-state index >= 15 is 0 Å². The Morgan fingerprint density at radius 2 is 0.889 bits per heavy atom. The molecule has 1 saturated carbocycles. The molecule has 3 fully saturated rings. The van der Waals surface area contributed by atoms with Crippen LogP contribution in [0.2, 0.25) is 0 Å². The highest BCUT2D eigenvalue weighted by atomic mass is 16.7. The largest absolute Gasteiger partial charge is 0.494 e. The molecule has 0 aromatic heterocycles. The maximum Gasteiger partial charge on any atom is 0.494 e. The van der Waals surface area contributed by atoms with Gasteiger partial charge in [0.2, 0.25) is 0 Å². The van der Waals surface area contributed by atoms with Crippen LogP contribution in [0.4, 0.5) is 0 Å². The number of rotatable bonds is 2. The Labute approximate surface area is 217 Å². The first-order valence-corrected chi connectivity index (χ1v) is 13.8. The Morgan fingerprint density at radius 1 is 0.528 bits per heavy atom. The smallest absolute Gasteiger partial charge is 0.399 e. The van der Waals surface area contributed by atoms with Crippen LogP contribution in [0, 0.1) is 0 Å². The van der Waals surface area contributed by atoms with Crippen LogP contribution in [0.3, 0.4) is 0 Å². The van der Waals surface area contributed by atoms with Crippen LogP contribution in [0.5, 0.6) is 0 Å². The molecule has 2 aromatic rings. The summed E-state index contributed by atoms with van der Waals surface area (Å²) in [6.07, 6.45) is 6.15. The number of fused-ring (bicyclic) bond motifs is 5. The van der Waals surface area contributed by atoms with Crippen molar-refractivity contribution in [2.45, 2.75) is 115 Å². The van der Waals surface area contributed by atoms with Gasteiger partial charge in [-0.05, 0) is 101 Å². The van der Waals surface area contributed by atoms with Crippen LogP contribution in [-0.4, -0.2) is 36.6 Å². The van der Waals surface area contributed by atoms with Gasteiger partial charge in [0.15, 0.2) is 0 Å². The summed E-state index contributed by atoms with van der Waals surface area (Å²) in [4.78, 5) is 0. The Balaban J connectivity index is 1.42. The predicted octanol–water partition coefficient (Wildman–Crippen LogP) is 5.52. The van der Waals surface area contributed by atoms with E-state index in [1.807, 2.05) is 0 Å². The quantitative estimate of drug-likeness (QED) is 0.525. The molecule has 2 aliphatic carbocycles. The SMILES string of the molecule is CC1(C)OB(c2ccc3c(c2)C2(CCCCC2)c2cc(B4OC(C)(C)C(C)(C)O4)ccc2-3)OC1(C)C. The lowest BCUT2D eigenvalue weighted by Crippen LogP contribution is -2.41. The summed E-state index contributed by atoms with van der Waals surface area (Å²) in [5, 5.41) is 0. The van der Waals surface area contributed by atoms with Crippen molar-refractivity contribution >= 4 is 25.2 Å². The zero-order valence-corrected chi connectivity index (χ0v) is 23.3. The summed E-state index contributed by atoms with van der Waals surface area (Å²) in [6.45, 7) is 17.0. The molecule has 0 radical (unpaired) electrons. The molecule has 2 saturated heterocycles. The Morgan fingerprint density at radius 3 is 1.25 bits per heavy atom. The molecular formula is C30H40B2O4. The highest BCUT2D eigenvalue weighted by Gasteiger charge is 2.54. The van der Waals surface area contributed by atoms with Gasteiger partial charge in [0.1, 0.15) is 0 Å². The molecule has 1 spiro atoms. The Bertz CT molecular complexity index is 1090. The topological polar surface area (TPSA) is 36.9 Å². The zero-order chi connectivity index (χ0) is 25.7. The summed E-state index contributed by atoms with van der Waals surface area (Å²) >= 11 is 0. The van der Waals surface area contributed by atoms with Crippen molar-refractivity contribution < 1.29 is 18.6 Å². The zero-order valence-electron chi connectivity index (χ0n) is 23.3. The molecule has 4 aliphatic rings. The third-order valence-corrected chi connectivity index (χ3v) is 10.2. The summed E-state index contributed by atoms with van der Waals surface area (Å²) < 4.78 is 25.7. The van der Waals surface area contributed by atoms with Gasteiger partial charge >= 0.3 is 14.2 Å². The molecule has 0 amide bonds. The van der Waals surface area contributed by atoms with Crippen molar-refractivity contribution in [2.24, 2.45) is 0 Å². The van der Waals surface area contributed by atoms with E-state index in [4.69, 9.17) is 18.6 Å². The Hall–Kier alpha value is -1.59. The van der Waals surface area contributed by atoms with E-state index in [2.05, 4.69) is 91.8 Å². The maximum atomic E-state index is 6.43. The van der Waals surface area contributed by atoms with Gasteiger partial charge in [-0.3, -0.25) is 0 Å². The molecule has 2 aliphatic heterocycles. The van der Waals surface area contributed by atoms with E-state index in [9.17, 15) is 0 Å². The predicted molar refractivity (Wildman–Crippen MR) is 147 cm³/mol. The maximum absolute atomic E-state index is 6.43. The number of benzene rings is 2. The van der Waals surface area contributed by atoms with Gasteiger partial charge in [0.25, 0.3) is 0 Å². The van der Waals surface area contributed by atoms with E-state index in [1.165, 1.54) is 54.4 Å². The summed E-state index contributed by atoms with van der Waals surface area (Å²) in [7, 11) is -0.685. The molecule has 0 unspecified atom stereocenters.